The van der Waals surface area contributed by atoms with Gasteiger partial charge in [-0.3, -0.25) is 80.1 Å². The van der Waals surface area contributed by atoms with Crippen LogP contribution in [0.25, 0.3) is 22.3 Å². The van der Waals surface area contributed by atoms with E-state index in [4.69, 9.17) is 88.7 Å². The average Bonchev–Trinajstić information content (AvgIpc) is 1.61. The van der Waals surface area contributed by atoms with Crippen molar-refractivity contribution in [1.82, 2.24) is 55.0 Å². The normalized spacial score (nSPS) is 22.4. The highest BCUT2D eigenvalue weighted by molar-refractivity contribution is 8.00. The van der Waals surface area contributed by atoms with Crippen LogP contribution in [0.15, 0.2) is 23.8 Å². The van der Waals surface area contributed by atoms with Crippen LogP contribution in [0.5, 0.6) is 0 Å². The highest BCUT2D eigenvalue weighted by Crippen LogP contribution is 2.51. The fourth-order valence-electron chi connectivity index (χ4n) is 11.6. The Bertz CT molecular complexity index is 3930. The fraction of sp³-hybridized carbons (Fsp3) is 0.757. The van der Waals surface area contributed by atoms with Crippen molar-refractivity contribution in [3.63, 3.8) is 0 Å². The molecular weight excluding hydrogens is 1580 g/mol. The van der Waals surface area contributed by atoms with Crippen LogP contribution in [0.2, 0.25) is 0 Å². The first-order chi connectivity index (χ1) is 55.1. The van der Waals surface area contributed by atoms with Gasteiger partial charge in [-0.2, -0.15) is 16.7 Å². The van der Waals surface area contributed by atoms with Gasteiger partial charge in [-0.15, -0.1) is 0 Å². The number of thioether (sulfide) groups is 1. The van der Waals surface area contributed by atoms with E-state index in [1.165, 1.54) is 23.5 Å². The predicted octanol–water partition coefficient (Wildman–Crippen LogP) is 4.57. The molecule has 115 heavy (non-hydrogen) atoms. The number of phosphoric ester groups is 2. The highest BCUT2D eigenvalue weighted by atomic mass is 32.2. The molecule has 0 aliphatic carbocycles. The van der Waals surface area contributed by atoms with Crippen molar-refractivity contribution < 1.29 is 131 Å². The number of aromatic nitrogens is 8. The maximum atomic E-state index is 13.9. The summed E-state index contributed by atoms with van der Waals surface area (Å²) < 4.78 is 139. The molecule has 2 unspecified atom stereocenters. The zero-order chi connectivity index (χ0) is 83.2. The van der Waals surface area contributed by atoms with Crippen LogP contribution in [0.4, 0.5) is 16.6 Å². The number of hydrogen-bond donors (Lipinski definition) is 6. The molecule has 0 bridgehead atoms. The van der Waals surface area contributed by atoms with Crippen LogP contribution in [0, 0.1) is 29.6 Å². The van der Waals surface area contributed by atoms with E-state index in [1.807, 2.05) is 11.8 Å². The first-order valence-corrected chi connectivity index (χ1v) is 42.3. The van der Waals surface area contributed by atoms with Crippen LogP contribution < -0.4 is 32.1 Å². The van der Waals surface area contributed by atoms with E-state index < -0.39 is 143 Å². The Morgan fingerprint density at radius 1 is 0.539 bits per heavy atom. The fourth-order valence-corrected chi connectivity index (χ4v) is 15.0. The number of nitrogens with zero attached hydrogens (tertiary/aromatic N) is 7. The number of anilines is 2. The summed E-state index contributed by atoms with van der Waals surface area (Å²) in [5, 5.41) is 15.0. The molecule has 8 rings (SSSR count). The number of nitrogens with one attached hydrogen (secondary N) is 6. The van der Waals surface area contributed by atoms with E-state index in [2.05, 4.69) is 56.5 Å². The van der Waals surface area contributed by atoms with Crippen molar-refractivity contribution in [3.05, 3.63) is 29.3 Å². The van der Waals surface area contributed by atoms with E-state index in [0.29, 0.717) is 36.2 Å². The predicted molar refractivity (Wildman–Crippen MR) is 408 cm³/mol. The number of unbranched alkanes of at least 4 members (excludes halogenated alkanes) is 1. The van der Waals surface area contributed by atoms with Crippen molar-refractivity contribution in [2.24, 2.45) is 29.6 Å². The second kappa shape index (κ2) is 47.0. The second-order valence-electron chi connectivity index (χ2n) is 28.2. The number of phosphoric acid groups is 2. The Labute approximate surface area is 669 Å². The number of urea groups is 1. The first-order valence-electron chi connectivity index (χ1n) is 38.3. The number of amides is 4. The number of esters is 4. The molecule has 646 valence electrons. The van der Waals surface area contributed by atoms with E-state index >= 15 is 0 Å². The number of ether oxygens (including phenoxy) is 13. The summed E-state index contributed by atoms with van der Waals surface area (Å²) in [7, 11) is -6.44. The number of H-pyrrole nitrogens is 1. The van der Waals surface area contributed by atoms with Gasteiger partial charge in [-0.05, 0) is 12.8 Å². The third-order valence-corrected chi connectivity index (χ3v) is 22.2. The van der Waals surface area contributed by atoms with Gasteiger partial charge in [0.25, 0.3) is 5.56 Å². The highest BCUT2D eigenvalue weighted by Gasteiger charge is 2.54. The van der Waals surface area contributed by atoms with Crippen molar-refractivity contribution >= 4 is 103 Å². The van der Waals surface area contributed by atoms with Gasteiger partial charge in [0, 0.05) is 50.7 Å². The molecule has 0 radical (unpaired) electrons. The molecule has 0 spiro atoms. The van der Waals surface area contributed by atoms with E-state index in [-0.39, 0.29) is 152 Å². The van der Waals surface area contributed by atoms with Crippen molar-refractivity contribution in [2.45, 2.75) is 161 Å². The van der Waals surface area contributed by atoms with E-state index in [9.17, 15) is 47.5 Å². The van der Waals surface area contributed by atoms with Crippen LogP contribution in [0.3, 0.4) is 0 Å². The Balaban J connectivity index is 0.690. The molecule has 4 saturated heterocycles. The monoisotopic (exact) mass is 1690 g/mol. The molecule has 4 aliphatic heterocycles. The third kappa shape index (κ3) is 28.3. The number of fused-ring (bicyclic) bond motifs is 3. The third-order valence-electron chi connectivity index (χ3n) is 17.8. The van der Waals surface area contributed by atoms with Gasteiger partial charge in [0.05, 0.1) is 155 Å². The molecule has 45 heteroatoms. The van der Waals surface area contributed by atoms with Gasteiger partial charge in [-0.1, -0.05) is 75.7 Å². The second-order valence-corrected chi connectivity index (χ2v) is 33.1. The van der Waals surface area contributed by atoms with Crippen molar-refractivity contribution in [2.75, 3.05) is 163 Å². The molecule has 4 aromatic rings. The van der Waals surface area contributed by atoms with Crippen LogP contribution in [-0.2, 0) is 127 Å². The molecule has 4 fully saturated rings. The molecule has 13 atom stereocenters. The zero-order valence-electron chi connectivity index (χ0n) is 66.9. The molecule has 0 saturated carbocycles. The molecule has 4 amide bonds. The molecule has 4 aliphatic rings. The lowest BCUT2D eigenvalue weighted by Crippen LogP contribution is -2.42. The Morgan fingerprint density at radius 2 is 0.991 bits per heavy atom. The summed E-state index contributed by atoms with van der Waals surface area (Å²) in [5.74, 6) is -4.97. The summed E-state index contributed by atoms with van der Waals surface area (Å²) in [5.41, 5.74) is -0.350. The standard InChI is InChI=1S/C70H111N13O29P2S/c1-41(2)61(85)80-69-79-60-53(62(86)81-69)83(40-76-60)64-57(112-68(90)45(9)10)55(110-66(88)43(5)6)48(108-64)36-106-114(93,95-12)104-34-32-102-30-28-100-26-24-98-23-25-99-27-29-101-31-33-103-113(92,94-11)105-35-47-54(109-65(87)42(3)4)56(111-67(89)44(7)8)63(107-47)82-39-75-59-52(82)58(73-38-74-59)72-18-20-97-22-21-96-19-17-71-50(84)16-14-13-15-49-51-46(37-115-49)77-70(91)78-51/h38-49,51,54-57,63-64H,13-37H2,1-12H3,(H,71,84)(H,72,73,74)(H2,77,78,91)(H2,79,80,81,85,86)/t46-,47+,48+,49-,51-,54+,55+,56+,57+,63+,64+,113?,114?/m0/s1. The van der Waals surface area contributed by atoms with Crippen molar-refractivity contribution in [1.29, 1.82) is 0 Å². The maximum absolute atomic E-state index is 13.9. The first kappa shape index (κ1) is 93.5. The van der Waals surface area contributed by atoms with Crippen LogP contribution >= 0.6 is 27.4 Å². The number of carbonyl (C=O) groups is 7. The number of hydrogen-bond acceptors (Lipinski definition) is 36. The van der Waals surface area contributed by atoms with Crippen LogP contribution in [-0.4, -0.2) is 287 Å². The van der Waals surface area contributed by atoms with Gasteiger partial charge < -0.3 is 82.8 Å². The smallest absolute Gasteiger partial charge is 0.455 e. The Kier molecular flexibility index (Phi) is 38.2. The molecule has 0 aromatic carbocycles. The van der Waals surface area contributed by atoms with Gasteiger partial charge in [0.15, 0.2) is 59.5 Å². The summed E-state index contributed by atoms with van der Waals surface area (Å²) in [6, 6.07) is 0.222. The lowest BCUT2D eigenvalue weighted by molar-refractivity contribution is -0.172. The van der Waals surface area contributed by atoms with Crippen molar-refractivity contribution in [3.8, 4) is 0 Å². The summed E-state index contributed by atoms with van der Waals surface area (Å²) in [6.07, 6.45) is -3.52. The quantitative estimate of drug-likeness (QED) is 0.0116. The summed E-state index contributed by atoms with van der Waals surface area (Å²) in [6.45, 7) is 17.9. The maximum Gasteiger partial charge on any atom is 0.474 e. The van der Waals surface area contributed by atoms with E-state index in [1.54, 1.807) is 73.8 Å². The Hall–Kier alpha value is -7.00. The minimum atomic E-state index is -4.34. The lowest BCUT2D eigenvalue weighted by Gasteiger charge is -2.26. The van der Waals surface area contributed by atoms with Gasteiger partial charge in [-0.25, -0.2) is 33.9 Å². The number of rotatable bonds is 55. The number of imidazole rings is 2. The Morgan fingerprint density at radius 3 is 1.47 bits per heavy atom. The van der Waals surface area contributed by atoms with E-state index in [0.717, 1.165) is 39.2 Å². The molecule has 8 heterocycles. The van der Waals surface area contributed by atoms with Gasteiger partial charge in [0.1, 0.15) is 36.7 Å². The number of carbonyl (C=O) groups excluding carboxylic acids is 7. The minimum absolute atomic E-state index is 0.0417. The minimum Gasteiger partial charge on any atom is -0.455 e. The average molecular weight is 1690 g/mol. The van der Waals surface area contributed by atoms with Gasteiger partial charge >= 0.3 is 45.6 Å². The zero-order valence-corrected chi connectivity index (χ0v) is 69.5. The largest absolute Gasteiger partial charge is 0.474 e. The topological polar surface area (TPSA) is 496 Å². The van der Waals surface area contributed by atoms with Gasteiger partial charge in [0.2, 0.25) is 17.8 Å². The number of aromatic amines is 1. The molecular formula is C70H111N13O29P2S. The summed E-state index contributed by atoms with van der Waals surface area (Å²) >= 11 is 1.86. The molecule has 42 nitrogen and oxygen atoms in total. The SMILES string of the molecule is COP(=O)(OCCOCCOCCOCCOCCOCCOP(=O)(OC)OC[C@H]1O[C@@H](n2cnc3nc(NC(=O)C(C)C)[nH]c(=O)c32)[C@H](OC(=O)C(C)C)[C@@H]1OC(=O)C(C)C)OC[C@H]1O[C@@H](n2cnc3ncnc(NCCOCCOCCNC(=O)CCCC[C@@H]4SC[C@@H]5NC(=O)N[C@@H]54)c32)[C@H](OC(=O)C(C)C)[C@@H]1OC(=O)C(C)C. The summed E-state index contributed by atoms with van der Waals surface area (Å²) in [4.78, 5) is 127. The van der Waals surface area contributed by atoms with Crippen LogP contribution in [0.1, 0.15) is 107 Å². The lowest BCUT2D eigenvalue weighted by atomic mass is 10.0. The molecule has 4 aromatic heterocycles. The molecule has 6 N–H and O–H groups in total.